The summed E-state index contributed by atoms with van der Waals surface area (Å²) in [6.45, 7) is 11.4. The topological polar surface area (TPSA) is 49.9 Å². The van der Waals surface area contributed by atoms with E-state index in [1.165, 1.54) is 22.3 Å². The number of nitrogens with zero attached hydrogens (tertiary/aromatic N) is 2. The number of carbonyl (C=O) groups is 2. The lowest BCUT2D eigenvalue weighted by atomic mass is 9.98. The molecular weight excluding hydrogens is 488 g/mol. The van der Waals surface area contributed by atoms with Crippen LogP contribution in [0.1, 0.15) is 38.5 Å². The van der Waals surface area contributed by atoms with Crippen LogP contribution < -0.4 is 4.90 Å². The Bertz CT molecular complexity index is 1390. The van der Waals surface area contributed by atoms with Crippen LogP contribution in [0.15, 0.2) is 60.7 Å². The number of rotatable bonds is 4. The molecule has 0 atom stereocenters. The molecule has 3 aromatic rings. The van der Waals surface area contributed by atoms with E-state index in [0.717, 1.165) is 23.1 Å². The highest BCUT2D eigenvalue weighted by molar-refractivity contribution is 6.83. The van der Waals surface area contributed by atoms with Crippen molar-refractivity contribution >= 4 is 26.1 Å². The molecule has 0 spiro atoms. The summed E-state index contributed by atoms with van der Waals surface area (Å²) >= 11 is 0. The fourth-order valence-corrected chi connectivity index (χ4v) is 5.84. The Kier molecular flexibility index (Phi) is 7.14. The zero-order valence-corrected chi connectivity index (χ0v) is 23.6. The van der Waals surface area contributed by atoms with E-state index in [1.807, 2.05) is 25.1 Å². The maximum absolute atomic E-state index is 13.0. The number of anilines is 1. The van der Waals surface area contributed by atoms with E-state index in [0.29, 0.717) is 38.3 Å². The van der Waals surface area contributed by atoms with Crippen molar-refractivity contribution < 1.29 is 14.3 Å². The molecule has 6 heteroatoms. The Balaban J connectivity index is 1.25. The summed E-state index contributed by atoms with van der Waals surface area (Å²) in [5, 5.41) is 0. The van der Waals surface area contributed by atoms with Crippen LogP contribution in [0.5, 0.6) is 0 Å². The van der Waals surface area contributed by atoms with Gasteiger partial charge in [0.1, 0.15) is 21.0 Å². The summed E-state index contributed by atoms with van der Waals surface area (Å²) in [4.78, 5) is 28.8. The van der Waals surface area contributed by atoms with Gasteiger partial charge in [0.05, 0.1) is 0 Å². The lowest BCUT2D eigenvalue weighted by molar-refractivity contribution is 0.0976. The first-order valence-corrected chi connectivity index (χ1v) is 16.7. The van der Waals surface area contributed by atoms with E-state index in [-0.39, 0.29) is 12.0 Å². The van der Waals surface area contributed by atoms with Crippen molar-refractivity contribution in [3.05, 3.63) is 88.5 Å². The molecule has 0 saturated carbocycles. The molecule has 1 aliphatic heterocycles. The minimum absolute atomic E-state index is 0.0528. The van der Waals surface area contributed by atoms with Crippen LogP contribution in [0.3, 0.4) is 0 Å². The quantitative estimate of drug-likeness (QED) is 0.236. The summed E-state index contributed by atoms with van der Waals surface area (Å²) in [6.07, 6.45) is 0.637. The minimum atomic E-state index is -1.54. The Labute approximate surface area is 226 Å². The van der Waals surface area contributed by atoms with E-state index in [4.69, 9.17) is 4.74 Å². The summed E-state index contributed by atoms with van der Waals surface area (Å²) in [5.41, 5.74) is 11.8. The van der Waals surface area contributed by atoms with Gasteiger partial charge in [-0.15, -0.1) is 5.54 Å². The third-order valence-electron chi connectivity index (χ3n) is 7.34. The molecule has 0 N–H and O–H groups in total. The smallest absolute Gasteiger partial charge is 0.409 e. The molecule has 1 amide bonds. The first-order chi connectivity index (χ1) is 18.2. The third kappa shape index (κ3) is 5.25. The molecule has 0 unspecified atom stereocenters. The molecule has 194 valence electrons. The Hall–Kier alpha value is -3.82. The number of aldehydes is 1. The number of hydrogen-bond acceptors (Lipinski definition) is 4. The van der Waals surface area contributed by atoms with Crippen LogP contribution in [-0.4, -0.2) is 58.1 Å². The number of carbonyl (C=O) groups excluding carboxylic acids is 2. The monoisotopic (exact) mass is 522 g/mol. The van der Waals surface area contributed by atoms with Gasteiger partial charge in [-0.05, 0) is 46.9 Å². The van der Waals surface area contributed by atoms with Gasteiger partial charge in [-0.1, -0.05) is 74.1 Å². The molecule has 1 heterocycles. The predicted molar refractivity (Wildman–Crippen MR) is 156 cm³/mol. The highest BCUT2D eigenvalue weighted by Crippen LogP contribution is 2.44. The molecule has 1 aliphatic carbocycles. The molecule has 2 aliphatic rings. The fraction of sp³-hybridized carbons (Fsp3) is 0.312. The van der Waals surface area contributed by atoms with Crippen molar-refractivity contribution in [2.45, 2.75) is 32.5 Å². The standard InChI is InChI=1S/C32H34N2O3Si/c1-23-25(21-35)19-24(13-18-38(2,3)4)20-31(23)33-14-16-34(17-15-33)32(36)37-22-30-28-11-7-5-9-26(28)27-10-6-8-12-29(27)30/h5-12,19-21,30H,14-17,22H2,1-4H3. The number of piperazine rings is 1. The summed E-state index contributed by atoms with van der Waals surface area (Å²) in [6, 6.07) is 20.7. The number of hydrogen-bond donors (Lipinski definition) is 0. The molecule has 0 bridgehead atoms. The van der Waals surface area contributed by atoms with Crippen molar-refractivity contribution in [1.29, 1.82) is 0 Å². The summed E-state index contributed by atoms with van der Waals surface area (Å²) in [7, 11) is -1.54. The number of amides is 1. The molecule has 5 rings (SSSR count). The van der Waals surface area contributed by atoms with E-state index in [2.05, 4.69) is 78.5 Å². The van der Waals surface area contributed by atoms with E-state index >= 15 is 0 Å². The first kappa shape index (κ1) is 25.8. The SMILES string of the molecule is Cc1c(C=O)cc(C#C[Si](C)(C)C)cc1N1CCN(C(=O)OCC2c3ccccc3-c3ccccc32)CC1. The zero-order valence-electron chi connectivity index (χ0n) is 22.6. The Morgan fingerprint density at radius 3 is 2.16 bits per heavy atom. The van der Waals surface area contributed by atoms with E-state index in [1.54, 1.807) is 4.90 Å². The first-order valence-electron chi connectivity index (χ1n) is 13.2. The number of fused-ring (bicyclic) bond motifs is 3. The molecule has 5 nitrogen and oxygen atoms in total. The third-order valence-corrected chi connectivity index (χ3v) is 8.22. The molecule has 3 aromatic carbocycles. The fourth-order valence-electron chi connectivity index (χ4n) is 5.32. The minimum Gasteiger partial charge on any atom is -0.448 e. The van der Waals surface area contributed by atoms with Crippen LogP contribution in [0.25, 0.3) is 11.1 Å². The zero-order chi connectivity index (χ0) is 26.9. The second kappa shape index (κ2) is 10.5. The lowest BCUT2D eigenvalue weighted by Gasteiger charge is -2.36. The Morgan fingerprint density at radius 2 is 1.58 bits per heavy atom. The van der Waals surface area contributed by atoms with Gasteiger partial charge >= 0.3 is 6.09 Å². The van der Waals surface area contributed by atoms with Gasteiger partial charge in [-0.2, -0.15) is 0 Å². The van der Waals surface area contributed by atoms with Gasteiger partial charge in [-0.25, -0.2) is 4.79 Å². The van der Waals surface area contributed by atoms with Crippen LogP contribution in [0.2, 0.25) is 19.6 Å². The van der Waals surface area contributed by atoms with Gasteiger partial charge < -0.3 is 14.5 Å². The van der Waals surface area contributed by atoms with Crippen LogP contribution in [0, 0.1) is 18.4 Å². The molecule has 1 fully saturated rings. The van der Waals surface area contributed by atoms with E-state index in [9.17, 15) is 9.59 Å². The normalized spacial score (nSPS) is 14.8. The van der Waals surface area contributed by atoms with Crippen molar-refractivity contribution in [3.63, 3.8) is 0 Å². The largest absolute Gasteiger partial charge is 0.448 e. The number of benzene rings is 3. The highest BCUT2D eigenvalue weighted by atomic mass is 28.3. The van der Waals surface area contributed by atoms with Crippen LogP contribution in [0.4, 0.5) is 10.5 Å². The lowest BCUT2D eigenvalue weighted by Crippen LogP contribution is -2.49. The Morgan fingerprint density at radius 1 is 0.974 bits per heavy atom. The van der Waals surface area contributed by atoms with Gasteiger partial charge in [0.25, 0.3) is 0 Å². The highest BCUT2D eigenvalue weighted by Gasteiger charge is 2.30. The maximum atomic E-state index is 13.0. The second-order valence-electron chi connectivity index (χ2n) is 11.1. The van der Waals surface area contributed by atoms with Crippen LogP contribution >= 0.6 is 0 Å². The molecule has 0 radical (unpaired) electrons. The van der Waals surface area contributed by atoms with Crippen molar-refractivity contribution in [2.75, 3.05) is 37.7 Å². The maximum Gasteiger partial charge on any atom is 0.409 e. The number of ether oxygens (including phenoxy) is 1. The molecule has 0 aromatic heterocycles. The van der Waals surface area contributed by atoms with Gasteiger partial charge in [0, 0.05) is 48.9 Å². The predicted octanol–water partition coefficient (Wildman–Crippen LogP) is 6.11. The van der Waals surface area contributed by atoms with Gasteiger partial charge in [0.15, 0.2) is 0 Å². The van der Waals surface area contributed by atoms with Gasteiger partial charge in [0.2, 0.25) is 0 Å². The summed E-state index contributed by atoms with van der Waals surface area (Å²) in [5.74, 6) is 3.35. The molecule has 1 saturated heterocycles. The average Bonchev–Trinajstić information content (AvgIpc) is 3.24. The van der Waals surface area contributed by atoms with Crippen LogP contribution in [-0.2, 0) is 4.74 Å². The van der Waals surface area contributed by atoms with Crippen molar-refractivity contribution in [2.24, 2.45) is 0 Å². The van der Waals surface area contributed by atoms with Crippen molar-refractivity contribution in [3.8, 4) is 22.6 Å². The summed E-state index contributed by atoms with van der Waals surface area (Å²) < 4.78 is 5.87. The molecular formula is C32H34N2O3Si. The van der Waals surface area contributed by atoms with Crippen molar-refractivity contribution in [1.82, 2.24) is 4.90 Å². The van der Waals surface area contributed by atoms with E-state index < -0.39 is 8.07 Å². The second-order valence-corrected chi connectivity index (χ2v) is 15.9. The molecule has 38 heavy (non-hydrogen) atoms. The van der Waals surface area contributed by atoms with Gasteiger partial charge in [-0.3, -0.25) is 4.79 Å². The average molecular weight is 523 g/mol.